The average molecular weight is 479 g/mol. The zero-order chi connectivity index (χ0) is 21.1. The summed E-state index contributed by atoms with van der Waals surface area (Å²) >= 11 is 9.28. The largest absolute Gasteiger partial charge is 0.444 e. The molecule has 0 bridgehead atoms. The van der Waals surface area contributed by atoms with Gasteiger partial charge in [0, 0.05) is 12.7 Å². The van der Waals surface area contributed by atoms with Crippen LogP contribution in [0, 0.1) is 6.92 Å². The number of aromatic nitrogens is 2. The highest BCUT2D eigenvalue weighted by atomic mass is 79.9. The van der Waals surface area contributed by atoms with E-state index >= 15 is 0 Å². The molecule has 150 valence electrons. The molecule has 8 nitrogen and oxygen atoms in total. The number of carbonyl (C=O) groups excluding carboxylic acids is 2. The molecular weight excluding hydrogens is 462 g/mol. The van der Waals surface area contributed by atoms with Crippen molar-refractivity contribution in [3.05, 3.63) is 68.8 Å². The number of hydrazone groups is 1. The Balaban J connectivity index is 1.72. The maximum Gasteiger partial charge on any atom is 0.291 e. The normalized spacial score (nSPS) is 11.4. The summed E-state index contributed by atoms with van der Waals surface area (Å²) in [7, 11) is 1.63. The van der Waals surface area contributed by atoms with Crippen LogP contribution in [0.2, 0.25) is 5.02 Å². The molecule has 0 saturated heterocycles. The molecule has 10 heteroatoms. The molecule has 2 N–H and O–H groups in total. The molecule has 2 heterocycles. The number of hydrogen-bond acceptors (Lipinski definition) is 5. The lowest BCUT2D eigenvalue weighted by Gasteiger charge is -2.07. The number of furan rings is 1. The Bertz CT molecular complexity index is 1120. The summed E-state index contributed by atoms with van der Waals surface area (Å²) in [6, 6.07) is 10.3. The summed E-state index contributed by atoms with van der Waals surface area (Å²) < 4.78 is 7.11. The Hall–Kier alpha value is -2.91. The first-order chi connectivity index (χ1) is 13.8. The SMILES string of the molecule is CC(=NNC(=O)c1c(Cl)c(C)nn1C)c1cccc(NC(=O)c2ccc(Br)o2)c1. The van der Waals surface area contributed by atoms with Crippen LogP contribution in [0.5, 0.6) is 0 Å². The third kappa shape index (κ3) is 4.75. The Morgan fingerprint density at radius 1 is 1.24 bits per heavy atom. The molecule has 0 saturated carbocycles. The highest BCUT2D eigenvalue weighted by Gasteiger charge is 2.18. The fourth-order valence-corrected chi connectivity index (χ4v) is 3.13. The molecule has 1 aromatic carbocycles. The number of amides is 2. The molecule has 0 aliphatic carbocycles. The highest BCUT2D eigenvalue weighted by molar-refractivity contribution is 9.10. The van der Waals surface area contributed by atoms with Gasteiger partial charge >= 0.3 is 0 Å². The Morgan fingerprint density at radius 3 is 2.62 bits per heavy atom. The quantitative estimate of drug-likeness (QED) is 0.425. The molecule has 29 heavy (non-hydrogen) atoms. The number of carbonyl (C=O) groups is 2. The molecule has 3 rings (SSSR count). The van der Waals surface area contributed by atoms with Gasteiger partial charge in [-0.2, -0.15) is 10.2 Å². The van der Waals surface area contributed by atoms with Crippen LogP contribution in [0.4, 0.5) is 5.69 Å². The number of nitrogens with one attached hydrogen (secondary N) is 2. The number of hydrogen-bond donors (Lipinski definition) is 2. The van der Waals surface area contributed by atoms with Gasteiger partial charge < -0.3 is 9.73 Å². The van der Waals surface area contributed by atoms with Gasteiger partial charge in [-0.25, -0.2) is 5.43 Å². The summed E-state index contributed by atoms with van der Waals surface area (Å²) in [6.07, 6.45) is 0. The lowest BCUT2D eigenvalue weighted by Crippen LogP contribution is -2.22. The van der Waals surface area contributed by atoms with E-state index in [1.54, 1.807) is 51.2 Å². The summed E-state index contributed by atoms with van der Waals surface area (Å²) in [5.41, 5.74) is 5.09. The van der Waals surface area contributed by atoms with Gasteiger partial charge in [0.05, 0.1) is 16.4 Å². The second-order valence-electron chi connectivity index (χ2n) is 6.15. The highest BCUT2D eigenvalue weighted by Crippen LogP contribution is 2.19. The zero-order valence-corrected chi connectivity index (χ0v) is 18.1. The van der Waals surface area contributed by atoms with Crippen LogP contribution in [-0.4, -0.2) is 27.3 Å². The van der Waals surface area contributed by atoms with E-state index in [1.165, 1.54) is 4.68 Å². The molecular formula is C19H17BrClN5O3. The van der Waals surface area contributed by atoms with Crippen molar-refractivity contribution in [3.8, 4) is 0 Å². The standard InChI is InChI=1S/C19H17BrClN5O3/c1-10(23-24-19(28)17-16(21)11(2)25-26(17)3)12-5-4-6-13(9-12)22-18(27)14-7-8-15(20)29-14/h4-9H,1-3H3,(H,22,27)(H,24,28). The first-order valence-corrected chi connectivity index (χ1v) is 9.64. The van der Waals surface area contributed by atoms with E-state index in [0.717, 1.165) is 5.56 Å². The zero-order valence-electron chi connectivity index (χ0n) is 15.8. The second kappa shape index (κ2) is 8.62. The monoisotopic (exact) mass is 477 g/mol. The van der Waals surface area contributed by atoms with E-state index in [2.05, 4.69) is 36.9 Å². The van der Waals surface area contributed by atoms with Gasteiger partial charge in [-0.15, -0.1) is 0 Å². The van der Waals surface area contributed by atoms with Gasteiger partial charge in [0.15, 0.2) is 10.4 Å². The third-order valence-corrected chi connectivity index (χ3v) is 4.90. The Labute approximate surface area is 180 Å². The van der Waals surface area contributed by atoms with Crippen LogP contribution >= 0.6 is 27.5 Å². The topological polar surface area (TPSA) is 102 Å². The fourth-order valence-electron chi connectivity index (χ4n) is 2.58. The second-order valence-corrected chi connectivity index (χ2v) is 7.31. The van der Waals surface area contributed by atoms with E-state index in [0.29, 0.717) is 21.8 Å². The van der Waals surface area contributed by atoms with Crippen molar-refractivity contribution in [2.24, 2.45) is 12.1 Å². The van der Waals surface area contributed by atoms with Crippen LogP contribution in [0.25, 0.3) is 0 Å². The fraction of sp³-hybridized carbons (Fsp3) is 0.158. The van der Waals surface area contributed by atoms with Gasteiger partial charge in [0.1, 0.15) is 5.69 Å². The van der Waals surface area contributed by atoms with Crippen LogP contribution in [0.15, 0.2) is 50.6 Å². The molecule has 0 aliphatic rings. The van der Waals surface area contributed by atoms with Crippen molar-refractivity contribution in [1.82, 2.24) is 15.2 Å². The van der Waals surface area contributed by atoms with E-state index in [9.17, 15) is 9.59 Å². The van der Waals surface area contributed by atoms with Crippen LogP contribution in [0.1, 0.15) is 39.2 Å². The average Bonchev–Trinajstić information content (AvgIpc) is 3.22. The maximum absolute atomic E-state index is 12.4. The molecule has 0 atom stereocenters. The summed E-state index contributed by atoms with van der Waals surface area (Å²) in [5, 5.41) is 11.3. The van der Waals surface area contributed by atoms with Gasteiger partial charge in [-0.3, -0.25) is 14.3 Å². The van der Waals surface area contributed by atoms with Gasteiger partial charge in [-0.05, 0) is 59.6 Å². The number of anilines is 1. The van der Waals surface area contributed by atoms with Crippen molar-refractivity contribution in [1.29, 1.82) is 0 Å². The van der Waals surface area contributed by atoms with E-state index < -0.39 is 5.91 Å². The van der Waals surface area contributed by atoms with Crippen molar-refractivity contribution in [3.63, 3.8) is 0 Å². The summed E-state index contributed by atoms with van der Waals surface area (Å²) in [5.74, 6) is -0.662. The summed E-state index contributed by atoms with van der Waals surface area (Å²) in [4.78, 5) is 24.6. The molecule has 0 fully saturated rings. The van der Waals surface area contributed by atoms with Crippen molar-refractivity contribution in [2.45, 2.75) is 13.8 Å². The number of halogens is 2. The molecule has 0 aliphatic heterocycles. The van der Waals surface area contributed by atoms with Gasteiger partial charge in [0.2, 0.25) is 0 Å². The molecule has 0 radical (unpaired) electrons. The molecule has 0 spiro atoms. The predicted octanol–water partition coefficient (Wildman–Crippen LogP) is 4.14. The van der Waals surface area contributed by atoms with Crippen molar-refractivity contribution >= 4 is 50.7 Å². The first kappa shape index (κ1) is 20.8. The minimum atomic E-state index is -0.467. The Kier molecular flexibility index (Phi) is 6.19. The third-order valence-electron chi connectivity index (χ3n) is 4.02. The minimum Gasteiger partial charge on any atom is -0.444 e. The van der Waals surface area contributed by atoms with Crippen molar-refractivity contribution in [2.75, 3.05) is 5.32 Å². The number of nitrogens with zero attached hydrogens (tertiary/aromatic N) is 3. The van der Waals surface area contributed by atoms with Crippen LogP contribution < -0.4 is 10.7 Å². The van der Waals surface area contributed by atoms with E-state index in [4.69, 9.17) is 16.0 Å². The van der Waals surface area contributed by atoms with Crippen molar-refractivity contribution < 1.29 is 14.0 Å². The number of aryl methyl sites for hydroxylation is 2. The lowest BCUT2D eigenvalue weighted by molar-refractivity contribution is 0.0944. The molecule has 2 amide bonds. The molecule has 3 aromatic rings. The molecule has 2 aromatic heterocycles. The predicted molar refractivity (Wildman–Crippen MR) is 113 cm³/mol. The first-order valence-electron chi connectivity index (χ1n) is 8.47. The van der Waals surface area contributed by atoms with E-state index in [1.807, 2.05) is 6.07 Å². The number of rotatable bonds is 5. The minimum absolute atomic E-state index is 0.184. The Morgan fingerprint density at radius 2 is 2.00 bits per heavy atom. The summed E-state index contributed by atoms with van der Waals surface area (Å²) in [6.45, 7) is 3.45. The van der Waals surface area contributed by atoms with Crippen LogP contribution in [0.3, 0.4) is 0 Å². The number of benzene rings is 1. The smallest absolute Gasteiger partial charge is 0.291 e. The van der Waals surface area contributed by atoms with Crippen LogP contribution in [-0.2, 0) is 7.05 Å². The van der Waals surface area contributed by atoms with Gasteiger partial charge in [-0.1, -0.05) is 23.7 Å². The molecule has 0 unspecified atom stereocenters. The lowest BCUT2D eigenvalue weighted by atomic mass is 10.1. The van der Waals surface area contributed by atoms with E-state index in [-0.39, 0.29) is 22.4 Å². The van der Waals surface area contributed by atoms with Gasteiger partial charge in [0.25, 0.3) is 11.8 Å². The maximum atomic E-state index is 12.4.